The van der Waals surface area contributed by atoms with Gasteiger partial charge in [0.1, 0.15) is 5.82 Å². The maximum atomic E-state index is 13.3. The van der Waals surface area contributed by atoms with Crippen molar-refractivity contribution in [2.24, 2.45) is 5.92 Å². The van der Waals surface area contributed by atoms with E-state index in [0.717, 1.165) is 38.1 Å². The largest absolute Gasteiger partial charge is 0.329 e. The number of rotatable bonds is 2. The SMILES string of the molecule is C[C@H]1CCCC[C@@H]1[NH+]1CCN(C(=O)c2cccc(F)c2)CC1. The monoisotopic (exact) mass is 305 g/mol. The molecule has 0 unspecified atom stereocenters. The lowest BCUT2D eigenvalue weighted by Crippen LogP contribution is -3.19. The summed E-state index contributed by atoms with van der Waals surface area (Å²) in [6.07, 6.45) is 5.40. The standard InChI is InChI=1S/C18H25FN2O/c1-14-5-2-3-8-17(14)20-9-11-21(12-10-20)18(22)15-6-4-7-16(19)13-15/h4,6-7,13-14,17H,2-3,5,8-12H2,1H3/p+1/t14-,17-/m0/s1. The molecule has 22 heavy (non-hydrogen) atoms. The van der Waals surface area contributed by atoms with Gasteiger partial charge in [0.25, 0.3) is 5.91 Å². The van der Waals surface area contributed by atoms with Gasteiger partial charge in [0.2, 0.25) is 0 Å². The van der Waals surface area contributed by atoms with Crippen molar-refractivity contribution in [2.75, 3.05) is 26.2 Å². The number of benzene rings is 1. The summed E-state index contributed by atoms with van der Waals surface area (Å²) in [6, 6.07) is 6.79. The molecule has 0 bridgehead atoms. The molecule has 1 amide bonds. The minimum atomic E-state index is -0.342. The van der Waals surface area contributed by atoms with Crippen molar-refractivity contribution in [2.45, 2.75) is 38.6 Å². The third-order valence-electron chi connectivity index (χ3n) is 5.40. The molecule has 1 saturated carbocycles. The fraction of sp³-hybridized carbons (Fsp3) is 0.611. The third kappa shape index (κ3) is 3.32. The van der Waals surface area contributed by atoms with Crippen LogP contribution in [0.1, 0.15) is 43.0 Å². The Hall–Kier alpha value is -1.42. The molecule has 2 aliphatic rings. The van der Waals surface area contributed by atoms with Crippen LogP contribution in [0.3, 0.4) is 0 Å². The molecular weight excluding hydrogens is 279 g/mol. The van der Waals surface area contributed by atoms with E-state index in [0.29, 0.717) is 5.56 Å². The Morgan fingerprint density at radius 1 is 1.23 bits per heavy atom. The van der Waals surface area contributed by atoms with Gasteiger partial charge in [-0.25, -0.2) is 4.39 Å². The summed E-state index contributed by atoms with van der Waals surface area (Å²) < 4.78 is 13.3. The number of amides is 1. The van der Waals surface area contributed by atoms with E-state index < -0.39 is 0 Å². The zero-order valence-electron chi connectivity index (χ0n) is 13.4. The first-order valence-corrected chi connectivity index (χ1v) is 8.54. The molecular formula is C18H26FN2O+. The first-order chi connectivity index (χ1) is 10.6. The Kier molecular flexibility index (Phi) is 4.77. The fourth-order valence-electron chi connectivity index (χ4n) is 4.09. The van der Waals surface area contributed by atoms with Crippen molar-refractivity contribution in [1.29, 1.82) is 0 Å². The van der Waals surface area contributed by atoms with Gasteiger partial charge in [-0.05, 0) is 37.5 Å². The van der Waals surface area contributed by atoms with Crippen LogP contribution in [0.5, 0.6) is 0 Å². The maximum absolute atomic E-state index is 13.3. The molecule has 2 atom stereocenters. The molecule has 0 aromatic heterocycles. The Morgan fingerprint density at radius 3 is 2.64 bits per heavy atom. The number of nitrogens with zero attached hydrogens (tertiary/aromatic N) is 1. The Balaban J connectivity index is 1.58. The van der Waals surface area contributed by atoms with Gasteiger partial charge in [0.05, 0.1) is 32.2 Å². The molecule has 1 N–H and O–H groups in total. The lowest BCUT2D eigenvalue weighted by atomic mass is 9.84. The Bertz CT molecular complexity index is 526. The van der Waals surface area contributed by atoms with Gasteiger partial charge in [-0.2, -0.15) is 0 Å². The lowest BCUT2D eigenvalue weighted by molar-refractivity contribution is -0.934. The van der Waals surface area contributed by atoms with Crippen LogP contribution < -0.4 is 4.90 Å². The van der Waals surface area contributed by atoms with Gasteiger partial charge in [-0.3, -0.25) is 4.79 Å². The predicted octanol–water partition coefficient (Wildman–Crippen LogP) is 1.75. The van der Waals surface area contributed by atoms with Gasteiger partial charge in [0, 0.05) is 11.5 Å². The number of nitrogens with one attached hydrogen (secondary N) is 1. The highest BCUT2D eigenvalue weighted by Crippen LogP contribution is 2.22. The van der Waals surface area contributed by atoms with E-state index in [2.05, 4.69) is 6.92 Å². The molecule has 1 aromatic carbocycles. The number of hydrogen-bond acceptors (Lipinski definition) is 1. The molecule has 4 heteroatoms. The van der Waals surface area contributed by atoms with Crippen LogP contribution in [-0.4, -0.2) is 43.0 Å². The van der Waals surface area contributed by atoms with Crippen molar-refractivity contribution in [3.63, 3.8) is 0 Å². The van der Waals surface area contributed by atoms with E-state index in [1.54, 1.807) is 17.0 Å². The minimum absolute atomic E-state index is 0.0322. The van der Waals surface area contributed by atoms with E-state index in [1.165, 1.54) is 37.8 Å². The quantitative estimate of drug-likeness (QED) is 0.884. The number of carbonyl (C=O) groups excluding carboxylic acids is 1. The predicted molar refractivity (Wildman–Crippen MR) is 84.4 cm³/mol. The van der Waals surface area contributed by atoms with Crippen molar-refractivity contribution in [3.8, 4) is 0 Å². The highest BCUT2D eigenvalue weighted by Gasteiger charge is 2.34. The summed E-state index contributed by atoms with van der Waals surface area (Å²) in [5.74, 6) is 0.426. The number of hydrogen-bond donors (Lipinski definition) is 1. The van der Waals surface area contributed by atoms with E-state index in [-0.39, 0.29) is 11.7 Å². The van der Waals surface area contributed by atoms with Gasteiger partial charge in [-0.15, -0.1) is 0 Å². The maximum Gasteiger partial charge on any atom is 0.254 e. The molecule has 3 nitrogen and oxygen atoms in total. The number of halogens is 1. The molecule has 1 aromatic rings. The van der Waals surface area contributed by atoms with Crippen LogP contribution >= 0.6 is 0 Å². The second kappa shape index (κ2) is 6.78. The smallest absolute Gasteiger partial charge is 0.254 e. The van der Waals surface area contributed by atoms with Gasteiger partial charge >= 0.3 is 0 Å². The third-order valence-corrected chi connectivity index (χ3v) is 5.40. The first-order valence-electron chi connectivity index (χ1n) is 8.54. The zero-order chi connectivity index (χ0) is 15.5. The van der Waals surface area contributed by atoms with E-state index >= 15 is 0 Å². The van der Waals surface area contributed by atoms with Crippen molar-refractivity contribution in [3.05, 3.63) is 35.6 Å². The molecule has 1 aliphatic heterocycles. The summed E-state index contributed by atoms with van der Waals surface area (Å²) >= 11 is 0. The van der Waals surface area contributed by atoms with Gasteiger partial charge in [-0.1, -0.05) is 19.4 Å². The summed E-state index contributed by atoms with van der Waals surface area (Å²) in [5.41, 5.74) is 0.467. The average Bonchev–Trinajstić information content (AvgIpc) is 2.55. The molecule has 1 saturated heterocycles. The van der Waals surface area contributed by atoms with E-state index in [4.69, 9.17) is 0 Å². The van der Waals surface area contributed by atoms with E-state index in [9.17, 15) is 9.18 Å². The summed E-state index contributed by atoms with van der Waals surface area (Å²) in [6.45, 7) is 6.00. The highest BCUT2D eigenvalue weighted by atomic mass is 19.1. The lowest BCUT2D eigenvalue weighted by Gasteiger charge is -2.40. The Morgan fingerprint density at radius 2 is 1.95 bits per heavy atom. The van der Waals surface area contributed by atoms with Crippen LogP contribution in [0.2, 0.25) is 0 Å². The van der Waals surface area contributed by atoms with Crippen LogP contribution in [0.4, 0.5) is 4.39 Å². The minimum Gasteiger partial charge on any atom is -0.329 e. The summed E-state index contributed by atoms with van der Waals surface area (Å²) in [4.78, 5) is 16.0. The number of piperazine rings is 1. The molecule has 3 rings (SSSR count). The molecule has 0 radical (unpaired) electrons. The fourth-order valence-corrected chi connectivity index (χ4v) is 4.09. The summed E-state index contributed by atoms with van der Waals surface area (Å²) in [5, 5.41) is 0. The highest BCUT2D eigenvalue weighted by molar-refractivity contribution is 5.94. The van der Waals surface area contributed by atoms with Crippen LogP contribution in [0.15, 0.2) is 24.3 Å². The zero-order valence-corrected chi connectivity index (χ0v) is 13.4. The normalized spacial score (nSPS) is 26.9. The number of carbonyl (C=O) groups is 1. The van der Waals surface area contributed by atoms with Gasteiger partial charge in [0.15, 0.2) is 0 Å². The van der Waals surface area contributed by atoms with Crippen LogP contribution in [0.25, 0.3) is 0 Å². The topological polar surface area (TPSA) is 24.8 Å². The molecule has 1 aliphatic carbocycles. The second-order valence-electron chi connectivity index (χ2n) is 6.83. The second-order valence-corrected chi connectivity index (χ2v) is 6.83. The summed E-state index contributed by atoms with van der Waals surface area (Å²) in [7, 11) is 0. The van der Waals surface area contributed by atoms with E-state index in [1.807, 2.05) is 4.90 Å². The molecule has 1 heterocycles. The van der Waals surface area contributed by atoms with Crippen molar-refractivity contribution < 1.29 is 14.1 Å². The Labute approximate surface area is 132 Å². The molecule has 120 valence electrons. The van der Waals surface area contributed by atoms with Crippen molar-refractivity contribution in [1.82, 2.24) is 4.90 Å². The first kappa shape index (κ1) is 15.5. The van der Waals surface area contributed by atoms with Crippen LogP contribution in [0, 0.1) is 11.7 Å². The molecule has 0 spiro atoms. The van der Waals surface area contributed by atoms with Gasteiger partial charge < -0.3 is 9.80 Å². The molecule has 2 fully saturated rings. The van der Waals surface area contributed by atoms with Crippen LogP contribution in [-0.2, 0) is 0 Å². The van der Waals surface area contributed by atoms with Crippen molar-refractivity contribution >= 4 is 5.91 Å². The average molecular weight is 305 g/mol. The number of quaternary nitrogens is 1.